The summed E-state index contributed by atoms with van der Waals surface area (Å²) in [5.41, 5.74) is -0.173. The first-order chi connectivity index (χ1) is 8.56. The highest BCUT2D eigenvalue weighted by molar-refractivity contribution is 6.18. The average molecular weight is 270 g/mol. The molecule has 0 atom stereocenters. The molecule has 5 heteroatoms. The SMILES string of the molecule is CC(C)Cn1ccnc(NC2(CCl)CCC2)c1=O. The molecule has 0 spiro atoms. The normalized spacial score (nSPS) is 17.6. The molecule has 18 heavy (non-hydrogen) atoms. The molecule has 1 heterocycles. The van der Waals surface area contributed by atoms with E-state index in [1.807, 2.05) is 0 Å². The minimum absolute atomic E-state index is 0.0532. The van der Waals surface area contributed by atoms with Gasteiger partial charge in [0.15, 0.2) is 5.82 Å². The monoisotopic (exact) mass is 269 g/mol. The van der Waals surface area contributed by atoms with Crippen LogP contribution in [0.25, 0.3) is 0 Å². The van der Waals surface area contributed by atoms with Crippen LogP contribution >= 0.6 is 11.6 Å². The van der Waals surface area contributed by atoms with Crippen LogP contribution in [-0.2, 0) is 6.54 Å². The van der Waals surface area contributed by atoms with Gasteiger partial charge in [-0.25, -0.2) is 4.98 Å². The summed E-state index contributed by atoms with van der Waals surface area (Å²) in [6.07, 6.45) is 6.59. The van der Waals surface area contributed by atoms with Gasteiger partial charge >= 0.3 is 0 Å². The molecule has 1 N–H and O–H groups in total. The third-order valence-electron chi connectivity index (χ3n) is 3.43. The van der Waals surface area contributed by atoms with E-state index in [4.69, 9.17) is 11.6 Å². The molecule has 0 unspecified atom stereocenters. The highest BCUT2D eigenvalue weighted by atomic mass is 35.5. The average Bonchev–Trinajstić information content (AvgIpc) is 2.27. The van der Waals surface area contributed by atoms with Crippen molar-refractivity contribution in [3.63, 3.8) is 0 Å². The van der Waals surface area contributed by atoms with Crippen LogP contribution in [0.5, 0.6) is 0 Å². The molecule has 0 radical (unpaired) electrons. The number of hydrogen-bond acceptors (Lipinski definition) is 3. The quantitative estimate of drug-likeness (QED) is 0.836. The molecule has 0 bridgehead atoms. The van der Waals surface area contributed by atoms with Crippen molar-refractivity contribution in [1.29, 1.82) is 0 Å². The zero-order valence-electron chi connectivity index (χ0n) is 10.9. The fraction of sp³-hybridized carbons (Fsp3) is 0.692. The summed E-state index contributed by atoms with van der Waals surface area (Å²) in [5, 5.41) is 3.25. The van der Waals surface area contributed by atoms with Crippen LogP contribution in [0.2, 0.25) is 0 Å². The Kier molecular flexibility index (Phi) is 3.95. The minimum atomic E-state index is -0.120. The lowest BCUT2D eigenvalue weighted by atomic mass is 9.78. The van der Waals surface area contributed by atoms with Crippen LogP contribution in [0.15, 0.2) is 17.2 Å². The van der Waals surface area contributed by atoms with E-state index in [1.54, 1.807) is 17.0 Å². The Hall–Kier alpha value is -1.03. The summed E-state index contributed by atoms with van der Waals surface area (Å²) >= 11 is 5.99. The molecular formula is C13H20ClN3O. The molecule has 1 aliphatic rings. The van der Waals surface area contributed by atoms with Crippen LogP contribution in [0.4, 0.5) is 5.82 Å². The molecular weight excluding hydrogens is 250 g/mol. The Morgan fingerprint density at radius 2 is 2.28 bits per heavy atom. The molecule has 4 nitrogen and oxygen atoms in total. The third kappa shape index (κ3) is 2.69. The number of alkyl halides is 1. The highest BCUT2D eigenvalue weighted by Crippen LogP contribution is 2.35. The number of halogens is 1. The number of anilines is 1. The molecule has 1 saturated carbocycles. The van der Waals surface area contributed by atoms with Gasteiger partial charge in [-0.3, -0.25) is 4.79 Å². The van der Waals surface area contributed by atoms with Crippen molar-refractivity contribution in [2.45, 2.75) is 45.2 Å². The number of nitrogens with one attached hydrogen (secondary N) is 1. The first-order valence-corrected chi connectivity index (χ1v) is 6.99. The van der Waals surface area contributed by atoms with Gasteiger partial charge in [0, 0.05) is 24.8 Å². The summed E-state index contributed by atoms with van der Waals surface area (Å²) < 4.78 is 1.71. The Bertz CT molecular complexity index is 460. The predicted octanol–water partition coefficient (Wildman–Crippen LogP) is 2.47. The lowest BCUT2D eigenvalue weighted by Gasteiger charge is -2.41. The van der Waals surface area contributed by atoms with Crippen molar-refractivity contribution in [2.75, 3.05) is 11.2 Å². The van der Waals surface area contributed by atoms with Crippen LogP contribution in [0.3, 0.4) is 0 Å². The van der Waals surface area contributed by atoms with Gasteiger partial charge in [0.05, 0.1) is 5.54 Å². The first kappa shape index (κ1) is 13.4. The maximum Gasteiger partial charge on any atom is 0.293 e. The summed E-state index contributed by atoms with van der Waals surface area (Å²) in [6.45, 7) is 4.89. The van der Waals surface area contributed by atoms with Gasteiger partial charge < -0.3 is 9.88 Å². The molecule has 1 aliphatic carbocycles. The van der Waals surface area contributed by atoms with Crippen molar-refractivity contribution in [2.24, 2.45) is 5.92 Å². The second-order valence-corrected chi connectivity index (χ2v) is 5.79. The van der Waals surface area contributed by atoms with E-state index in [-0.39, 0.29) is 11.1 Å². The molecule has 100 valence electrons. The third-order valence-corrected chi connectivity index (χ3v) is 3.94. The number of hydrogen-bond donors (Lipinski definition) is 1. The standard InChI is InChI=1S/C13H20ClN3O/c1-10(2)8-17-7-6-15-11(12(17)18)16-13(9-14)4-3-5-13/h6-7,10H,3-5,8-9H2,1-2H3,(H,15,16). The second kappa shape index (κ2) is 5.31. The molecule has 0 aromatic carbocycles. The molecule has 0 aliphatic heterocycles. The second-order valence-electron chi connectivity index (χ2n) is 5.52. The van der Waals surface area contributed by atoms with Crippen LogP contribution in [0.1, 0.15) is 33.1 Å². The van der Waals surface area contributed by atoms with Gasteiger partial charge in [0.2, 0.25) is 0 Å². The molecule has 0 amide bonds. The lowest BCUT2D eigenvalue weighted by Crippen LogP contribution is -2.48. The summed E-state index contributed by atoms with van der Waals surface area (Å²) in [7, 11) is 0. The van der Waals surface area contributed by atoms with E-state index in [9.17, 15) is 4.79 Å². The van der Waals surface area contributed by atoms with E-state index < -0.39 is 0 Å². The van der Waals surface area contributed by atoms with Gasteiger partial charge in [-0.1, -0.05) is 13.8 Å². The molecule has 1 aromatic heterocycles. The maximum absolute atomic E-state index is 12.2. The van der Waals surface area contributed by atoms with Gasteiger partial charge in [-0.05, 0) is 25.2 Å². The zero-order valence-corrected chi connectivity index (χ0v) is 11.7. The number of rotatable bonds is 5. The van der Waals surface area contributed by atoms with Crippen molar-refractivity contribution in [3.05, 3.63) is 22.7 Å². The van der Waals surface area contributed by atoms with Gasteiger partial charge in [0.1, 0.15) is 0 Å². The van der Waals surface area contributed by atoms with E-state index >= 15 is 0 Å². The Labute approximate surface area is 112 Å². The molecule has 0 saturated heterocycles. The largest absolute Gasteiger partial charge is 0.359 e. The molecule has 2 rings (SSSR count). The van der Waals surface area contributed by atoms with E-state index in [1.165, 1.54) is 0 Å². The predicted molar refractivity (Wildman–Crippen MR) is 74.3 cm³/mol. The summed E-state index contributed by atoms with van der Waals surface area (Å²) in [4.78, 5) is 16.4. The number of aromatic nitrogens is 2. The van der Waals surface area contributed by atoms with Crippen molar-refractivity contribution in [1.82, 2.24) is 9.55 Å². The van der Waals surface area contributed by atoms with E-state index in [2.05, 4.69) is 24.1 Å². The smallest absolute Gasteiger partial charge is 0.293 e. The Morgan fingerprint density at radius 1 is 1.56 bits per heavy atom. The molecule has 1 aromatic rings. The Balaban J connectivity index is 2.21. The lowest BCUT2D eigenvalue weighted by molar-refractivity contribution is 0.309. The van der Waals surface area contributed by atoms with E-state index in [0.717, 1.165) is 19.3 Å². The van der Waals surface area contributed by atoms with Crippen molar-refractivity contribution in [3.8, 4) is 0 Å². The fourth-order valence-corrected chi connectivity index (χ4v) is 2.55. The number of nitrogens with zero attached hydrogens (tertiary/aromatic N) is 2. The highest BCUT2D eigenvalue weighted by Gasteiger charge is 2.36. The van der Waals surface area contributed by atoms with Crippen LogP contribution in [-0.4, -0.2) is 21.0 Å². The first-order valence-electron chi connectivity index (χ1n) is 6.46. The van der Waals surface area contributed by atoms with Crippen molar-refractivity contribution < 1.29 is 0 Å². The van der Waals surface area contributed by atoms with Crippen LogP contribution < -0.4 is 10.9 Å². The topological polar surface area (TPSA) is 46.9 Å². The minimum Gasteiger partial charge on any atom is -0.359 e. The van der Waals surface area contributed by atoms with Crippen molar-refractivity contribution >= 4 is 17.4 Å². The summed E-state index contributed by atoms with van der Waals surface area (Å²) in [5.74, 6) is 1.38. The summed E-state index contributed by atoms with van der Waals surface area (Å²) in [6, 6.07) is 0. The Morgan fingerprint density at radius 3 is 2.78 bits per heavy atom. The maximum atomic E-state index is 12.2. The van der Waals surface area contributed by atoms with Gasteiger partial charge in [-0.2, -0.15) is 0 Å². The van der Waals surface area contributed by atoms with Crippen LogP contribution in [0, 0.1) is 5.92 Å². The van der Waals surface area contributed by atoms with Gasteiger partial charge in [0.25, 0.3) is 5.56 Å². The van der Waals surface area contributed by atoms with Gasteiger partial charge in [-0.15, -0.1) is 11.6 Å². The van der Waals surface area contributed by atoms with E-state index in [0.29, 0.717) is 24.2 Å². The fourth-order valence-electron chi connectivity index (χ4n) is 2.22. The zero-order chi connectivity index (χ0) is 13.2. The molecule has 1 fully saturated rings.